The van der Waals surface area contributed by atoms with E-state index in [1.165, 1.54) is 0 Å². The summed E-state index contributed by atoms with van der Waals surface area (Å²) in [5, 5.41) is 0. The zero-order valence-electron chi connectivity index (χ0n) is 13.4. The van der Waals surface area contributed by atoms with E-state index in [-0.39, 0.29) is 5.60 Å². The molecule has 4 heteroatoms. The largest absolute Gasteiger partial charge is 0.496 e. The molecule has 118 valence electrons. The van der Waals surface area contributed by atoms with Gasteiger partial charge in [0, 0.05) is 23.1 Å². The maximum absolute atomic E-state index is 10.8. The second-order valence-corrected chi connectivity index (χ2v) is 6.35. The monoisotopic (exact) mass is 302 g/mol. The minimum atomic E-state index is -0.349. The van der Waals surface area contributed by atoms with Crippen LogP contribution in [0.4, 0.5) is 0 Å². The minimum Gasteiger partial charge on any atom is -0.496 e. The average molecular weight is 302 g/mol. The molecule has 0 fully saturated rings. The zero-order chi connectivity index (χ0) is 15.9. The fraction of sp³-hybridized carbons (Fsp3) is 0.500. The first kappa shape index (κ1) is 14.9. The molecule has 0 aromatic heterocycles. The summed E-state index contributed by atoms with van der Waals surface area (Å²) in [7, 11) is 1.67. The summed E-state index contributed by atoms with van der Waals surface area (Å²) in [6, 6.07) is 1.99. The molecular formula is C18H22O4. The van der Waals surface area contributed by atoms with Crippen LogP contribution >= 0.6 is 0 Å². The molecule has 0 saturated carbocycles. The fourth-order valence-electron chi connectivity index (χ4n) is 3.35. The van der Waals surface area contributed by atoms with Gasteiger partial charge in [-0.15, -0.1) is 0 Å². The molecular weight excluding hydrogens is 280 g/mol. The molecule has 0 amide bonds. The van der Waals surface area contributed by atoms with Gasteiger partial charge in [0.1, 0.15) is 35.8 Å². The standard InChI is InChI=1S/C18H22O4/c1-11-8-14-16(20-4)9-13-12(2)21-10-15(13)17(14)22-18(11,3)6-5-7-19/h7,9,11H,2,5-6,8,10H2,1,3-4H3/t11-,18-/m0/s1. The lowest BCUT2D eigenvalue weighted by Crippen LogP contribution is -2.44. The SMILES string of the molecule is C=C1OCc2c1cc(OC)c1c2O[C@@](C)(CCC=O)[C@@H](C)C1. The average Bonchev–Trinajstić information content (AvgIpc) is 2.87. The second-order valence-electron chi connectivity index (χ2n) is 6.35. The number of benzene rings is 1. The molecule has 2 aliphatic rings. The Bertz CT molecular complexity index is 634. The molecule has 0 N–H and O–H groups in total. The molecule has 2 heterocycles. The van der Waals surface area contributed by atoms with Gasteiger partial charge in [0.15, 0.2) is 0 Å². The first-order valence-electron chi connectivity index (χ1n) is 7.67. The Labute approximate surface area is 131 Å². The van der Waals surface area contributed by atoms with Gasteiger partial charge in [-0.3, -0.25) is 0 Å². The number of hydrogen-bond donors (Lipinski definition) is 0. The van der Waals surface area contributed by atoms with Gasteiger partial charge in [-0.25, -0.2) is 0 Å². The van der Waals surface area contributed by atoms with Crippen molar-refractivity contribution >= 4 is 12.0 Å². The third-order valence-corrected chi connectivity index (χ3v) is 5.00. The summed E-state index contributed by atoms with van der Waals surface area (Å²) < 4.78 is 17.5. The van der Waals surface area contributed by atoms with Crippen molar-refractivity contribution in [3.05, 3.63) is 29.3 Å². The van der Waals surface area contributed by atoms with Gasteiger partial charge in [0.25, 0.3) is 0 Å². The second kappa shape index (κ2) is 5.34. The molecule has 0 saturated heterocycles. The van der Waals surface area contributed by atoms with Crippen LogP contribution in [0.3, 0.4) is 0 Å². The van der Waals surface area contributed by atoms with Crippen molar-refractivity contribution in [3.8, 4) is 11.5 Å². The van der Waals surface area contributed by atoms with E-state index in [0.29, 0.717) is 31.1 Å². The molecule has 0 bridgehead atoms. The Hall–Kier alpha value is -1.97. The van der Waals surface area contributed by atoms with E-state index in [2.05, 4.69) is 20.4 Å². The first-order chi connectivity index (χ1) is 10.5. The van der Waals surface area contributed by atoms with Crippen molar-refractivity contribution in [1.29, 1.82) is 0 Å². The molecule has 1 aromatic rings. The number of rotatable bonds is 4. The lowest BCUT2D eigenvalue weighted by atomic mass is 9.78. The van der Waals surface area contributed by atoms with Crippen LogP contribution in [0.15, 0.2) is 12.6 Å². The fourth-order valence-corrected chi connectivity index (χ4v) is 3.35. The third-order valence-electron chi connectivity index (χ3n) is 5.00. The van der Waals surface area contributed by atoms with Crippen molar-refractivity contribution in [3.63, 3.8) is 0 Å². The van der Waals surface area contributed by atoms with Crippen molar-refractivity contribution < 1.29 is 19.0 Å². The van der Waals surface area contributed by atoms with Crippen LogP contribution in [-0.4, -0.2) is 19.0 Å². The molecule has 0 spiro atoms. The molecule has 0 radical (unpaired) electrons. The van der Waals surface area contributed by atoms with E-state index >= 15 is 0 Å². The maximum atomic E-state index is 10.8. The Kier molecular flexibility index (Phi) is 3.63. The highest BCUT2D eigenvalue weighted by Gasteiger charge is 2.41. The van der Waals surface area contributed by atoms with Crippen molar-refractivity contribution in [2.24, 2.45) is 5.92 Å². The maximum Gasteiger partial charge on any atom is 0.134 e. The van der Waals surface area contributed by atoms with Crippen molar-refractivity contribution in [1.82, 2.24) is 0 Å². The summed E-state index contributed by atoms with van der Waals surface area (Å²) >= 11 is 0. The summed E-state index contributed by atoms with van der Waals surface area (Å²) in [5.74, 6) is 2.65. The number of carbonyl (C=O) groups is 1. The van der Waals surface area contributed by atoms with E-state index in [0.717, 1.165) is 40.9 Å². The summed E-state index contributed by atoms with van der Waals surface area (Å²) in [6.45, 7) is 8.67. The van der Waals surface area contributed by atoms with Gasteiger partial charge >= 0.3 is 0 Å². The quantitative estimate of drug-likeness (QED) is 0.798. The highest BCUT2D eigenvalue weighted by molar-refractivity contribution is 5.71. The molecule has 1 aromatic carbocycles. The van der Waals surface area contributed by atoms with Crippen LogP contribution in [-0.2, 0) is 22.6 Å². The highest BCUT2D eigenvalue weighted by atomic mass is 16.5. The smallest absolute Gasteiger partial charge is 0.134 e. The molecule has 2 atom stereocenters. The van der Waals surface area contributed by atoms with Crippen LogP contribution < -0.4 is 9.47 Å². The van der Waals surface area contributed by atoms with E-state index in [9.17, 15) is 4.79 Å². The van der Waals surface area contributed by atoms with Crippen molar-refractivity contribution in [2.45, 2.75) is 45.3 Å². The van der Waals surface area contributed by atoms with Crippen LogP contribution in [0.2, 0.25) is 0 Å². The molecule has 3 rings (SSSR count). The molecule has 0 unspecified atom stereocenters. The highest BCUT2D eigenvalue weighted by Crippen LogP contribution is 2.49. The van der Waals surface area contributed by atoms with Crippen LogP contribution in [0.5, 0.6) is 11.5 Å². The Balaban J connectivity index is 2.09. The Morgan fingerprint density at radius 3 is 2.95 bits per heavy atom. The molecule has 22 heavy (non-hydrogen) atoms. The molecule has 2 aliphatic heterocycles. The lowest BCUT2D eigenvalue weighted by molar-refractivity contribution is -0.109. The number of fused-ring (bicyclic) bond motifs is 3. The summed E-state index contributed by atoms with van der Waals surface area (Å²) in [6.07, 6.45) is 3.04. The van der Waals surface area contributed by atoms with E-state index < -0.39 is 0 Å². The van der Waals surface area contributed by atoms with Gasteiger partial charge in [-0.05, 0) is 31.7 Å². The van der Waals surface area contributed by atoms with Gasteiger partial charge in [0.05, 0.1) is 7.11 Å². The number of hydrogen-bond acceptors (Lipinski definition) is 4. The molecule has 4 nitrogen and oxygen atoms in total. The van der Waals surface area contributed by atoms with E-state index in [1.807, 2.05) is 6.07 Å². The molecule has 0 aliphatic carbocycles. The zero-order valence-corrected chi connectivity index (χ0v) is 13.4. The van der Waals surface area contributed by atoms with Gasteiger partial charge in [0.2, 0.25) is 0 Å². The van der Waals surface area contributed by atoms with E-state index in [1.54, 1.807) is 7.11 Å². The number of ether oxygens (including phenoxy) is 3. The summed E-state index contributed by atoms with van der Waals surface area (Å²) in [4.78, 5) is 10.8. The predicted molar refractivity (Wildman–Crippen MR) is 84.0 cm³/mol. The number of methoxy groups -OCH3 is 1. The normalized spacial score (nSPS) is 25.8. The lowest BCUT2D eigenvalue weighted by Gasteiger charge is -2.42. The van der Waals surface area contributed by atoms with Gasteiger partial charge in [-0.1, -0.05) is 13.5 Å². The van der Waals surface area contributed by atoms with Crippen molar-refractivity contribution in [2.75, 3.05) is 7.11 Å². The predicted octanol–water partition coefficient (Wildman–Crippen LogP) is 3.50. The van der Waals surface area contributed by atoms with Gasteiger partial charge in [-0.2, -0.15) is 0 Å². The van der Waals surface area contributed by atoms with Crippen LogP contribution in [0.25, 0.3) is 5.76 Å². The Morgan fingerprint density at radius 1 is 1.50 bits per heavy atom. The summed E-state index contributed by atoms with van der Waals surface area (Å²) in [5.41, 5.74) is 2.75. The number of carbonyl (C=O) groups excluding carboxylic acids is 1. The Morgan fingerprint density at radius 2 is 2.27 bits per heavy atom. The topological polar surface area (TPSA) is 44.8 Å². The third kappa shape index (κ3) is 2.18. The van der Waals surface area contributed by atoms with E-state index in [4.69, 9.17) is 14.2 Å². The minimum absolute atomic E-state index is 0.303. The van der Waals surface area contributed by atoms with Gasteiger partial charge < -0.3 is 19.0 Å². The first-order valence-corrected chi connectivity index (χ1v) is 7.67. The van der Waals surface area contributed by atoms with Crippen LogP contribution in [0, 0.1) is 5.92 Å². The van der Waals surface area contributed by atoms with Crippen LogP contribution in [0.1, 0.15) is 43.4 Å². The number of aldehydes is 1.